The van der Waals surface area contributed by atoms with Crippen LogP contribution in [0.4, 0.5) is 4.79 Å². The topological polar surface area (TPSA) is 68.5 Å². The number of carbonyl (C=O) groups is 1. The van der Waals surface area contributed by atoms with Crippen LogP contribution in [0.5, 0.6) is 0 Å². The second-order valence-electron chi connectivity index (χ2n) is 5.43. The van der Waals surface area contributed by atoms with E-state index in [0.717, 1.165) is 11.3 Å². The van der Waals surface area contributed by atoms with Crippen LogP contribution in [-0.4, -0.2) is 27.5 Å². The Balaban J connectivity index is 1.91. The van der Waals surface area contributed by atoms with Crippen LogP contribution in [0, 0.1) is 0 Å². The van der Waals surface area contributed by atoms with E-state index in [-0.39, 0.29) is 0 Å². The Morgan fingerprint density at radius 1 is 1.33 bits per heavy atom. The van der Waals surface area contributed by atoms with Gasteiger partial charge < -0.3 is 9.30 Å². The number of amides is 1. The number of hydrazone groups is 1. The highest BCUT2D eigenvalue weighted by Crippen LogP contribution is 2.08. The summed E-state index contributed by atoms with van der Waals surface area (Å²) in [6, 6.07) is 7.68. The summed E-state index contributed by atoms with van der Waals surface area (Å²) in [5.74, 6) is 0. The molecule has 0 unspecified atom stereocenters. The molecule has 0 fully saturated rings. The van der Waals surface area contributed by atoms with Crippen molar-refractivity contribution in [2.45, 2.75) is 26.4 Å². The highest BCUT2D eigenvalue weighted by molar-refractivity contribution is 5.81. The first kappa shape index (κ1) is 14.8. The lowest BCUT2D eigenvalue weighted by molar-refractivity contribution is 0.0529. The van der Waals surface area contributed by atoms with Gasteiger partial charge >= 0.3 is 6.09 Å². The minimum absolute atomic E-state index is 0.536. The molecule has 0 radical (unpaired) electrons. The molecule has 21 heavy (non-hydrogen) atoms. The van der Waals surface area contributed by atoms with Gasteiger partial charge in [0.1, 0.15) is 5.60 Å². The summed E-state index contributed by atoms with van der Waals surface area (Å²) in [5.41, 5.74) is 3.66. The average Bonchev–Trinajstić information content (AvgIpc) is 2.91. The third-order valence-corrected chi connectivity index (χ3v) is 2.46. The van der Waals surface area contributed by atoms with E-state index in [2.05, 4.69) is 15.5 Å². The Hall–Kier alpha value is -2.63. The molecule has 2 rings (SSSR count). The maximum absolute atomic E-state index is 11.4. The third kappa shape index (κ3) is 4.76. The van der Waals surface area contributed by atoms with E-state index >= 15 is 0 Å². The molecule has 0 atom stereocenters. The van der Waals surface area contributed by atoms with E-state index in [1.165, 1.54) is 0 Å². The van der Waals surface area contributed by atoms with Gasteiger partial charge in [-0.25, -0.2) is 15.2 Å². The minimum atomic E-state index is -0.575. The Labute approximate surface area is 123 Å². The number of carbonyl (C=O) groups excluding carboxylic acids is 1. The molecular weight excluding hydrogens is 268 g/mol. The number of nitrogens with zero attached hydrogens (tertiary/aromatic N) is 3. The second kappa shape index (κ2) is 6.21. The lowest BCUT2D eigenvalue weighted by atomic mass is 10.2. The highest BCUT2D eigenvalue weighted by atomic mass is 16.6. The molecule has 0 spiro atoms. The molecule has 2 aromatic rings. The number of aromatic nitrogens is 2. The maximum Gasteiger partial charge on any atom is 0.428 e. The Morgan fingerprint density at radius 3 is 2.62 bits per heavy atom. The van der Waals surface area contributed by atoms with Crippen molar-refractivity contribution in [3.63, 3.8) is 0 Å². The van der Waals surface area contributed by atoms with Crippen LogP contribution in [0.15, 0.2) is 48.1 Å². The summed E-state index contributed by atoms with van der Waals surface area (Å²) in [7, 11) is 0. The number of hydrogen-bond acceptors (Lipinski definition) is 4. The fraction of sp³-hybridized carbons (Fsp3) is 0.267. The van der Waals surface area contributed by atoms with Crippen molar-refractivity contribution in [3.8, 4) is 5.69 Å². The van der Waals surface area contributed by atoms with Crippen LogP contribution in [0.3, 0.4) is 0 Å². The van der Waals surface area contributed by atoms with Crippen molar-refractivity contribution < 1.29 is 9.53 Å². The van der Waals surface area contributed by atoms with Gasteiger partial charge in [0.25, 0.3) is 0 Å². The molecule has 1 heterocycles. The molecule has 110 valence electrons. The van der Waals surface area contributed by atoms with E-state index in [9.17, 15) is 4.79 Å². The molecule has 1 aromatic heterocycles. The first-order chi connectivity index (χ1) is 9.94. The summed E-state index contributed by atoms with van der Waals surface area (Å²) in [5, 5.41) is 3.85. The van der Waals surface area contributed by atoms with Gasteiger partial charge in [-0.15, -0.1) is 0 Å². The fourth-order valence-electron chi connectivity index (χ4n) is 1.60. The zero-order valence-corrected chi connectivity index (χ0v) is 12.3. The number of ether oxygens (including phenoxy) is 1. The van der Waals surface area contributed by atoms with Crippen LogP contribution in [0.25, 0.3) is 5.69 Å². The monoisotopic (exact) mass is 286 g/mol. The van der Waals surface area contributed by atoms with Gasteiger partial charge in [0.15, 0.2) is 0 Å². The molecule has 0 bridgehead atoms. The summed E-state index contributed by atoms with van der Waals surface area (Å²) >= 11 is 0. The second-order valence-corrected chi connectivity index (χ2v) is 5.43. The van der Waals surface area contributed by atoms with E-state index in [4.69, 9.17) is 4.74 Å². The van der Waals surface area contributed by atoms with Crippen LogP contribution in [0.2, 0.25) is 0 Å². The van der Waals surface area contributed by atoms with Crippen LogP contribution in [0.1, 0.15) is 26.3 Å². The van der Waals surface area contributed by atoms with E-state index in [1.807, 2.05) is 35.0 Å². The number of benzene rings is 1. The zero-order chi connectivity index (χ0) is 15.3. The number of imidazole rings is 1. The highest BCUT2D eigenvalue weighted by Gasteiger charge is 2.15. The molecule has 1 aromatic carbocycles. The molecule has 0 aliphatic rings. The van der Waals surface area contributed by atoms with Crippen molar-refractivity contribution in [2.24, 2.45) is 5.10 Å². The zero-order valence-electron chi connectivity index (χ0n) is 12.3. The van der Waals surface area contributed by atoms with Crippen molar-refractivity contribution in [2.75, 3.05) is 0 Å². The van der Waals surface area contributed by atoms with Crippen molar-refractivity contribution in [1.29, 1.82) is 0 Å². The van der Waals surface area contributed by atoms with Crippen LogP contribution < -0.4 is 5.43 Å². The van der Waals surface area contributed by atoms with Gasteiger partial charge in [-0.1, -0.05) is 12.1 Å². The number of hydrogen-bond donors (Lipinski definition) is 1. The summed E-state index contributed by atoms with van der Waals surface area (Å²) < 4.78 is 6.97. The largest absolute Gasteiger partial charge is 0.443 e. The minimum Gasteiger partial charge on any atom is -0.443 e. The molecule has 0 aliphatic carbocycles. The molecular formula is C15H18N4O2. The third-order valence-electron chi connectivity index (χ3n) is 2.46. The quantitative estimate of drug-likeness (QED) is 0.696. The van der Waals surface area contributed by atoms with Crippen molar-refractivity contribution in [1.82, 2.24) is 15.0 Å². The summed E-state index contributed by atoms with van der Waals surface area (Å²) in [6.07, 6.45) is 6.30. The summed E-state index contributed by atoms with van der Waals surface area (Å²) in [6.45, 7) is 5.39. The number of nitrogens with one attached hydrogen (secondary N) is 1. The van der Waals surface area contributed by atoms with Gasteiger partial charge in [-0.2, -0.15) is 5.10 Å². The average molecular weight is 286 g/mol. The predicted molar refractivity (Wildman–Crippen MR) is 80.5 cm³/mol. The lowest BCUT2D eigenvalue weighted by Crippen LogP contribution is -2.29. The molecule has 0 saturated carbocycles. The van der Waals surface area contributed by atoms with E-state index < -0.39 is 11.7 Å². The van der Waals surface area contributed by atoms with E-state index in [1.54, 1.807) is 39.5 Å². The fourth-order valence-corrected chi connectivity index (χ4v) is 1.60. The Bertz CT molecular complexity index is 610. The summed E-state index contributed by atoms with van der Waals surface area (Å²) in [4.78, 5) is 15.4. The number of rotatable bonds is 3. The molecule has 0 aliphatic heterocycles. The SMILES string of the molecule is CC(C)(C)OC(=O)NN=Cc1ccc(-n2ccnc2)cc1. The smallest absolute Gasteiger partial charge is 0.428 e. The molecule has 1 N–H and O–H groups in total. The lowest BCUT2D eigenvalue weighted by Gasteiger charge is -2.18. The Morgan fingerprint density at radius 2 is 2.05 bits per heavy atom. The van der Waals surface area contributed by atoms with Gasteiger partial charge in [-0.05, 0) is 38.5 Å². The molecule has 0 saturated heterocycles. The van der Waals surface area contributed by atoms with Crippen LogP contribution in [-0.2, 0) is 4.74 Å². The van der Waals surface area contributed by atoms with Crippen LogP contribution >= 0.6 is 0 Å². The maximum atomic E-state index is 11.4. The van der Waals surface area contributed by atoms with Gasteiger partial charge in [0.2, 0.25) is 0 Å². The van der Waals surface area contributed by atoms with Crippen molar-refractivity contribution in [3.05, 3.63) is 48.5 Å². The first-order valence-corrected chi connectivity index (χ1v) is 6.54. The first-order valence-electron chi connectivity index (χ1n) is 6.54. The van der Waals surface area contributed by atoms with Crippen molar-refractivity contribution >= 4 is 12.3 Å². The Kier molecular flexibility index (Phi) is 4.37. The normalized spacial score (nSPS) is 11.6. The molecule has 6 nitrogen and oxygen atoms in total. The van der Waals surface area contributed by atoms with Gasteiger partial charge in [0, 0.05) is 18.1 Å². The van der Waals surface area contributed by atoms with Gasteiger partial charge in [0.05, 0.1) is 12.5 Å². The predicted octanol–water partition coefficient (Wildman–Crippen LogP) is 2.73. The van der Waals surface area contributed by atoms with E-state index in [0.29, 0.717) is 0 Å². The standard InChI is InChI=1S/C15H18N4O2/c1-15(2,3)21-14(20)18-17-10-12-4-6-13(7-5-12)19-9-8-16-11-19/h4-11H,1-3H3,(H,18,20). The van der Waals surface area contributed by atoms with Gasteiger partial charge in [-0.3, -0.25) is 0 Å². The molecule has 1 amide bonds. The molecule has 6 heteroatoms.